The lowest BCUT2D eigenvalue weighted by Gasteiger charge is -2.09. The lowest BCUT2D eigenvalue weighted by Crippen LogP contribution is -2.20. The molecular weight excluding hydrogens is 222 g/mol. The van der Waals surface area contributed by atoms with Gasteiger partial charge in [0, 0.05) is 13.3 Å². The van der Waals surface area contributed by atoms with Gasteiger partial charge in [-0.25, -0.2) is 0 Å². The molecule has 0 radical (unpaired) electrons. The maximum atomic E-state index is 5.40. The number of nitrogens with one attached hydrogen (secondary N) is 1. The molecule has 0 aliphatic rings. The number of rotatable bonds is 5. The lowest BCUT2D eigenvalue weighted by molar-refractivity contribution is 0.189. The third kappa shape index (κ3) is 2.97. The fraction of sp³-hybridized carbons (Fsp3) is 0.400. The molecule has 0 saturated heterocycles. The van der Waals surface area contributed by atoms with Gasteiger partial charge >= 0.3 is 6.01 Å². The summed E-state index contributed by atoms with van der Waals surface area (Å²) in [7, 11) is 1.64. The zero-order valence-corrected chi connectivity index (χ0v) is 9.62. The van der Waals surface area contributed by atoms with Gasteiger partial charge in [0.15, 0.2) is 0 Å². The van der Waals surface area contributed by atoms with Gasteiger partial charge in [-0.3, -0.25) is 0 Å². The SMILES string of the molecule is COCC(C)Nc1nnc(-c2cccnn2)o1. The van der Waals surface area contributed by atoms with E-state index in [-0.39, 0.29) is 6.04 Å². The molecular formula is C10H13N5O2. The summed E-state index contributed by atoms with van der Waals surface area (Å²) < 4.78 is 10.4. The molecule has 0 aromatic carbocycles. The first-order valence-electron chi connectivity index (χ1n) is 5.16. The molecule has 0 spiro atoms. The van der Waals surface area contributed by atoms with Crippen molar-refractivity contribution in [2.24, 2.45) is 0 Å². The van der Waals surface area contributed by atoms with Gasteiger partial charge in [0.05, 0.1) is 12.6 Å². The summed E-state index contributed by atoms with van der Waals surface area (Å²) in [4.78, 5) is 0. The standard InChI is InChI=1S/C10H13N5O2/c1-7(6-16-2)12-10-15-14-9(17-10)8-4-3-5-11-13-8/h3-5,7H,6H2,1-2H3,(H,12,15). The minimum absolute atomic E-state index is 0.0927. The molecule has 0 fully saturated rings. The first-order valence-corrected chi connectivity index (χ1v) is 5.16. The Hall–Kier alpha value is -2.02. The summed E-state index contributed by atoms with van der Waals surface area (Å²) in [5.41, 5.74) is 0.549. The highest BCUT2D eigenvalue weighted by atomic mass is 16.5. The van der Waals surface area contributed by atoms with Gasteiger partial charge in [-0.1, -0.05) is 5.10 Å². The highest BCUT2D eigenvalue weighted by Crippen LogP contribution is 2.16. The van der Waals surface area contributed by atoms with Crippen LogP contribution in [0.2, 0.25) is 0 Å². The number of nitrogens with zero attached hydrogens (tertiary/aromatic N) is 4. The third-order valence-electron chi connectivity index (χ3n) is 2.00. The molecule has 7 heteroatoms. The monoisotopic (exact) mass is 235 g/mol. The number of methoxy groups -OCH3 is 1. The Morgan fingerprint density at radius 2 is 2.29 bits per heavy atom. The third-order valence-corrected chi connectivity index (χ3v) is 2.00. The predicted molar refractivity (Wildman–Crippen MR) is 60.3 cm³/mol. The Balaban J connectivity index is 2.06. The maximum absolute atomic E-state index is 5.40. The van der Waals surface area contributed by atoms with Crippen molar-refractivity contribution in [1.29, 1.82) is 0 Å². The highest BCUT2D eigenvalue weighted by molar-refractivity contribution is 5.45. The van der Waals surface area contributed by atoms with Crippen molar-refractivity contribution in [2.45, 2.75) is 13.0 Å². The molecule has 2 aromatic rings. The van der Waals surface area contributed by atoms with Gasteiger partial charge in [0.1, 0.15) is 5.69 Å². The largest absolute Gasteiger partial charge is 0.402 e. The van der Waals surface area contributed by atoms with Gasteiger partial charge in [-0.05, 0) is 19.1 Å². The van der Waals surface area contributed by atoms with Crippen LogP contribution in [0.4, 0.5) is 6.01 Å². The molecule has 1 atom stereocenters. The van der Waals surface area contributed by atoms with Crippen molar-refractivity contribution in [2.75, 3.05) is 19.0 Å². The van der Waals surface area contributed by atoms with E-state index in [0.717, 1.165) is 0 Å². The summed E-state index contributed by atoms with van der Waals surface area (Å²) in [6.07, 6.45) is 1.58. The van der Waals surface area contributed by atoms with E-state index >= 15 is 0 Å². The molecule has 90 valence electrons. The van der Waals surface area contributed by atoms with Crippen LogP contribution >= 0.6 is 0 Å². The topological polar surface area (TPSA) is 86.0 Å². The minimum atomic E-state index is 0.0927. The van der Waals surface area contributed by atoms with E-state index in [9.17, 15) is 0 Å². The smallest absolute Gasteiger partial charge is 0.316 e. The van der Waals surface area contributed by atoms with Crippen LogP contribution in [0.5, 0.6) is 0 Å². The molecule has 1 unspecified atom stereocenters. The number of hydrogen-bond acceptors (Lipinski definition) is 7. The Morgan fingerprint density at radius 1 is 1.41 bits per heavy atom. The lowest BCUT2D eigenvalue weighted by atomic mass is 10.4. The fourth-order valence-electron chi connectivity index (χ4n) is 1.30. The maximum Gasteiger partial charge on any atom is 0.316 e. The van der Waals surface area contributed by atoms with Crippen molar-refractivity contribution in [1.82, 2.24) is 20.4 Å². The summed E-state index contributed by atoms with van der Waals surface area (Å²) in [5, 5.41) is 18.4. The van der Waals surface area contributed by atoms with Crippen LogP contribution in [0.1, 0.15) is 6.92 Å². The second kappa shape index (κ2) is 5.35. The molecule has 2 rings (SSSR count). The van der Waals surface area contributed by atoms with E-state index in [1.807, 2.05) is 6.92 Å². The van der Waals surface area contributed by atoms with Crippen molar-refractivity contribution >= 4 is 6.01 Å². The molecule has 0 saturated carbocycles. The normalized spacial score (nSPS) is 12.4. The summed E-state index contributed by atoms with van der Waals surface area (Å²) in [6.45, 7) is 2.51. The molecule has 17 heavy (non-hydrogen) atoms. The van der Waals surface area contributed by atoms with E-state index in [4.69, 9.17) is 9.15 Å². The first-order chi connectivity index (χ1) is 8.29. The molecule has 2 aromatic heterocycles. The fourth-order valence-corrected chi connectivity index (χ4v) is 1.30. The number of aromatic nitrogens is 4. The first kappa shape index (κ1) is 11.5. The Morgan fingerprint density at radius 3 is 3.00 bits per heavy atom. The zero-order chi connectivity index (χ0) is 12.1. The van der Waals surface area contributed by atoms with Gasteiger partial charge in [-0.2, -0.15) is 5.10 Å². The predicted octanol–water partition coefficient (Wildman–Crippen LogP) is 0.973. The number of hydrogen-bond donors (Lipinski definition) is 1. The average Bonchev–Trinajstić information content (AvgIpc) is 2.79. The summed E-state index contributed by atoms with van der Waals surface area (Å²) in [5.74, 6) is 0.338. The highest BCUT2D eigenvalue weighted by Gasteiger charge is 2.11. The van der Waals surface area contributed by atoms with Crippen molar-refractivity contribution in [3.63, 3.8) is 0 Å². The van der Waals surface area contributed by atoms with Crippen LogP contribution in [0.15, 0.2) is 22.7 Å². The Kier molecular flexibility index (Phi) is 3.61. The van der Waals surface area contributed by atoms with Crippen LogP contribution in [0.3, 0.4) is 0 Å². The van der Waals surface area contributed by atoms with Crippen molar-refractivity contribution in [3.8, 4) is 11.6 Å². The van der Waals surface area contributed by atoms with Crippen molar-refractivity contribution < 1.29 is 9.15 Å². The van der Waals surface area contributed by atoms with Crippen molar-refractivity contribution in [3.05, 3.63) is 18.3 Å². The summed E-state index contributed by atoms with van der Waals surface area (Å²) in [6, 6.07) is 3.95. The minimum Gasteiger partial charge on any atom is -0.402 e. The van der Waals surface area contributed by atoms with Crippen LogP contribution in [-0.2, 0) is 4.74 Å². The molecule has 0 aliphatic heterocycles. The van der Waals surface area contributed by atoms with E-state index in [2.05, 4.69) is 25.7 Å². The van der Waals surface area contributed by atoms with Crippen LogP contribution in [0, 0.1) is 0 Å². The molecule has 7 nitrogen and oxygen atoms in total. The average molecular weight is 235 g/mol. The van der Waals surface area contributed by atoms with E-state index in [1.54, 1.807) is 25.4 Å². The van der Waals surface area contributed by atoms with Gasteiger partial charge in [0.25, 0.3) is 5.89 Å². The second-order valence-corrected chi connectivity index (χ2v) is 3.52. The van der Waals surface area contributed by atoms with Gasteiger partial charge in [0.2, 0.25) is 0 Å². The zero-order valence-electron chi connectivity index (χ0n) is 9.62. The number of ether oxygens (including phenoxy) is 1. The quantitative estimate of drug-likeness (QED) is 0.826. The molecule has 0 aliphatic carbocycles. The second-order valence-electron chi connectivity index (χ2n) is 3.52. The van der Waals surface area contributed by atoms with Gasteiger partial charge < -0.3 is 14.5 Å². The molecule has 0 amide bonds. The van der Waals surface area contributed by atoms with Crippen LogP contribution in [0.25, 0.3) is 11.6 Å². The summed E-state index contributed by atoms with van der Waals surface area (Å²) >= 11 is 0. The van der Waals surface area contributed by atoms with Crippen LogP contribution < -0.4 is 5.32 Å². The van der Waals surface area contributed by atoms with Gasteiger partial charge in [-0.15, -0.1) is 10.2 Å². The van der Waals surface area contributed by atoms with E-state index < -0.39 is 0 Å². The Labute approximate surface area is 98.2 Å². The molecule has 0 bridgehead atoms. The van der Waals surface area contributed by atoms with E-state index in [0.29, 0.717) is 24.2 Å². The van der Waals surface area contributed by atoms with Crippen LogP contribution in [-0.4, -0.2) is 40.2 Å². The molecule has 1 N–H and O–H groups in total. The number of anilines is 1. The Bertz CT molecular complexity index is 459. The van der Waals surface area contributed by atoms with E-state index in [1.165, 1.54) is 0 Å². The molecule has 2 heterocycles.